The van der Waals surface area contributed by atoms with Crippen LogP contribution in [0.25, 0.3) is 10.9 Å². The molecule has 0 aliphatic rings. The lowest BCUT2D eigenvalue weighted by atomic mass is 10.1. The summed E-state index contributed by atoms with van der Waals surface area (Å²) in [7, 11) is 0. The van der Waals surface area contributed by atoms with E-state index in [1.807, 2.05) is 13.0 Å². The number of rotatable bonds is 4. The van der Waals surface area contributed by atoms with Crippen molar-refractivity contribution in [3.63, 3.8) is 0 Å². The van der Waals surface area contributed by atoms with Gasteiger partial charge in [-0.3, -0.25) is 4.79 Å². The van der Waals surface area contributed by atoms with Crippen LogP contribution in [0.15, 0.2) is 18.2 Å². The first kappa shape index (κ1) is 12.5. The topological polar surface area (TPSA) is 62.3 Å². The second kappa shape index (κ2) is 5.12. The minimum Gasteiger partial charge on any atom is -0.508 e. The number of aromatic amines is 1. The predicted octanol–water partition coefficient (Wildman–Crippen LogP) is 2.68. The molecule has 0 spiro atoms. The molecule has 0 bridgehead atoms. The maximum atomic E-state index is 11.3. The maximum Gasteiger partial charge on any atom is 0.306 e. The Morgan fingerprint density at radius 1 is 1.44 bits per heavy atom. The molecular weight excluding hydrogens is 230 g/mol. The maximum absolute atomic E-state index is 11.3. The molecular formula is C14H17NO3. The number of H-pyrrole nitrogens is 1. The van der Waals surface area contributed by atoms with Gasteiger partial charge in [0, 0.05) is 16.6 Å². The number of hydrogen-bond acceptors (Lipinski definition) is 3. The molecule has 2 rings (SSSR count). The van der Waals surface area contributed by atoms with Crippen molar-refractivity contribution in [3.05, 3.63) is 29.5 Å². The van der Waals surface area contributed by atoms with E-state index in [0.717, 1.165) is 22.2 Å². The Morgan fingerprint density at radius 3 is 2.94 bits per heavy atom. The van der Waals surface area contributed by atoms with Crippen molar-refractivity contribution in [1.29, 1.82) is 0 Å². The standard InChI is InChI=1S/C14H17NO3/c1-3-18-14(17)7-6-12-9(2)11-8-10(16)4-5-13(11)15-12/h4-5,8,15-16H,3,6-7H2,1-2H3. The zero-order chi connectivity index (χ0) is 13.1. The van der Waals surface area contributed by atoms with E-state index < -0.39 is 0 Å². The first-order valence-electron chi connectivity index (χ1n) is 6.07. The van der Waals surface area contributed by atoms with Crippen LogP contribution in [0.2, 0.25) is 0 Å². The number of esters is 1. The van der Waals surface area contributed by atoms with Gasteiger partial charge < -0.3 is 14.8 Å². The van der Waals surface area contributed by atoms with Crippen molar-refractivity contribution in [2.45, 2.75) is 26.7 Å². The number of hydrogen-bond donors (Lipinski definition) is 2. The van der Waals surface area contributed by atoms with E-state index in [4.69, 9.17) is 4.74 Å². The number of aromatic nitrogens is 1. The number of phenols is 1. The highest BCUT2D eigenvalue weighted by Gasteiger charge is 2.10. The summed E-state index contributed by atoms with van der Waals surface area (Å²) in [5.74, 6) is 0.0694. The zero-order valence-corrected chi connectivity index (χ0v) is 10.6. The number of aryl methyl sites for hydroxylation is 2. The van der Waals surface area contributed by atoms with Crippen LogP contribution in [-0.4, -0.2) is 22.7 Å². The van der Waals surface area contributed by atoms with Crippen molar-refractivity contribution >= 4 is 16.9 Å². The molecule has 0 atom stereocenters. The largest absolute Gasteiger partial charge is 0.508 e. The first-order valence-corrected chi connectivity index (χ1v) is 6.07. The normalized spacial score (nSPS) is 10.8. The molecule has 0 aliphatic heterocycles. The summed E-state index contributed by atoms with van der Waals surface area (Å²) < 4.78 is 4.90. The Morgan fingerprint density at radius 2 is 2.22 bits per heavy atom. The van der Waals surface area contributed by atoms with E-state index in [1.54, 1.807) is 19.1 Å². The molecule has 2 aromatic rings. The summed E-state index contributed by atoms with van der Waals surface area (Å²) in [5, 5.41) is 10.5. The van der Waals surface area contributed by atoms with Gasteiger partial charge in [0.1, 0.15) is 5.75 Å². The van der Waals surface area contributed by atoms with Crippen LogP contribution >= 0.6 is 0 Å². The van der Waals surface area contributed by atoms with Crippen molar-refractivity contribution < 1.29 is 14.6 Å². The lowest BCUT2D eigenvalue weighted by Crippen LogP contribution is -2.05. The highest BCUT2D eigenvalue weighted by Crippen LogP contribution is 2.26. The summed E-state index contributed by atoms with van der Waals surface area (Å²) >= 11 is 0. The molecule has 2 N–H and O–H groups in total. The van der Waals surface area contributed by atoms with E-state index in [2.05, 4.69) is 4.98 Å². The van der Waals surface area contributed by atoms with Crippen LogP contribution < -0.4 is 0 Å². The minimum absolute atomic E-state index is 0.182. The van der Waals surface area contributed by atoms with Crippen LogP contribution in [0.3, 0.4) is 0 Å². The van der Waals surface area contributed by atoms with Crippen LogP contribution in [0.4, 0.5) is 0 Å². The van der Waals surface area contributed by atoms with E-state index in [-0.39, 0.29) is 11.7 Å². The van der Waals surface area contributed by atoms with Gasteiger partial charge in [0.15, 0.2) is 0 Å². The van der Waals surface area contributed by atoms with Gasteiger partial charge in [0.25, 0.3) is 0 Å². The summed E-state index contributed by atoms with van der Waals surface area (Å²) in [6, 6.07) is 5.22. The zero-order valence-electron chi connectivity index (χ0n) is 10.6. The summed E-state index contributed by atoms with van der Waals surface area (Å²) in [6.07, 6.45) is 0.994. The number of benzene rings is 1. The Kier molecular flexibility index (Phi) is 3.55. The van der Waals surface area contributed by atoms with Crippen LogP contribution in [0, 0.1) is 6.92 Å². The van der Waals surface area contributed by atoms with Gasteiger partial charge in [-0.1, -0.05) is 0 Å². The Balaban J connectivity index is 2.19. The second-order valence-electron chi connectivity index (χ2n) is 4.26. The van der Waals surface area contributed by atoms with Crippen molar-refractivity contribution in [3.8, 4) is 5.75 Å². The molecule has 0 saturated heterocycles. The first-order chi connectivity index (χ1) is 8.61. The average molecular weight is 247 g/mol. The van der Waals surface area contributed by atoms with E-state index in [1.165, 1.54) is 0 Å². The molecule has 0 saturated carbocycles. The average Bonchev–Trinajstić information content (AvgIpc) is 2.64. The predicted molar refractivity (Wildman–Crippen MR) is 69.7 cm³/mol. The molecule has 4 heteroatoms. The number of nitrogens with one attached hydrogen (secondary N) is 1. The van der Waals surface area contributed by atoms with Crippen LogP contribution in [0.5, 0.6) is 5.75 Å². The minimum atomic E-state index is -0.182. The quantitative estimate of drug-likeness (QED) is 0.816. The molecule has 1 aromatic carbocycles. The third kappa shape index (κ3) is 2.47. The van der Waals surface area contributed by atoms with Gasteiger partial charge >= 0.3 is 5.97 Å². The molecule has 18 heavy (non-hydrogen) atoms. The molecule has 0 radical (unpaired) electrons. The van der Waals surface area contributed by atoms with Crippen molar-refractivity contribution in [1.82, 2.24) is 4.98 Å². The number of carbonyl (C=O) groups is 1. The third-order valence-corrected chi connectivity index (χ3v) is 3.03. The molecule has 1 aromatic heterocycles. The lowest BCUT2D eigenvalue weighted by Gasteiger charge is -2.01. The van der Waals surface area contributed by atoms with Gasteiger partial charge in [0.2, 0.25) is 0 Å². The molecule has 96 valence electrons. The number of carbonyl (C=O) groups excluding carboxylic acids is 1. The smallest absolute Gasteiger partial charge is 0.306 e. The van der Waals surface area contributed by atoms with Gasteiger partial charge in [-0.05, 0) is 44.0 Å². The highest BCUT2D eigenvalue weighted by molar-refractivity contribution is 5.85. The van der Waals surface area contributed by atoms with Gasteiger partial charge in [-0.25, -0.2) is 0 Å². The van der Waals surface area contributed by atoms with Gasteiger partial charge in [-0.2, -0.15) is 0 Å². The fraction of sp³-hybridized carbons (Fsp3) is 0.357. The summed E-state index contributed by atoms with van der Waals surface area (Å²) in [6.45, 7) is 4.20. The molecule has 0 aliphatic carbocycles. The van der Waals surface area contributed by atoms with Gasteiger partial charge in [-0.15, -0.1) is 0 Å². The van der Waals surface area contributed by atoms with Crippen molar-refractivity contribution in [2.24, 2.45) is 0 Å². The SMILES string of the molecule is CCOC(=O)CCc1[nH]c2ccc(O)cc2c1C. The Labute approximate surface area is 106 Å². The fourth-order valence-electron chi connectivity index (χ4n) is 2.08. The Bertz CT molecular complexity index is 572. The number of fused-ring (bicyclic) bond motifs is 1. The monoisotopic (exact) mass is 247 g/mol. The number of aromatic hydroxyl groups is 1. The Hall–Kier alpha value is -1.97. The molecule has 0 fully saturated rings. The number of ether oxygens (including phenoxy) is 1. The third-order valence-electron chi connectivity index (χ3n) is 3.03. The second-order valence-corrected chi connectivity index (χ2v) is 4.26. The number of phenolic OH excluding ortho intramolecular Hbond substituents is 1. The molecule has 1 heterocycles. The van der Waals surface area contributed by atoms with Gasteiger partial charge in [0.05, 0.1) is 13.0 Å². The molecule has 4 nitrogen and oxygen atoms in total. The van der Waals surface area contributed by atoms with E-state index in [9.17, 15) is 9.90 Å². The summed E-state index contributed by atoms with van der Waals surface area (Å²) in [4.78, 5) is 14.6. The molecule has 0 unspecified atom stereocenters. The fourth-order valence-corrected chi connectivity index (χ4v) is 2.08. The molecule has 0 amide bonds. The summed E-state index contributed by atoms with van der Waals surface area (Å²) in [5.41, 5.74) is 3.07. The lowest BCUT2D eigenvalue weighted by molar-refractivity contribution is -0.143. The van der Waals surface area contributed by atoms with E-state index >= 15 is 0 Å². The van der Waals surface area contributed by atoms with Crippen LogP contribution in [-0.2, 0) is 16.0 Å². The highest BCUT2D eigenvalue weighted by atomic mass is 16.5. The van der Waals surface area contributed by atoms with Crippen molar-refractivity contribution in [2.75, 3.05) is 6.61 Å². The van der Waals surface area contributed by atoms with E-state index in [0.29, 0.717) is 19.4 Å². The van der Waals surface area contributed by atoms with Crippen LogP contribution in [0.1, 0.15) is 24.6 Å².